The van der Waals surface area contributed by atoms with Gasteiger partial charge in [-0.3, -0.25) is 4.98 Å². The number of aromatic nitrogens is 1. The van der Waals surface area contributed by atoms with Crippen molar-refractivity contribution in [3.05, 3.63) is 63.9 Å². The van der Waals surface area contributed by atoms with Gasteiger partial charge in [-0.1, -0.05) is 29.8 Å². The molecule has 2 atom stereocenters. The van der Waals surface area contributed by atoms with E-state index in [4.69, 9.17) is 11.6 Å². The molecule has 3 rings (SSSR count). The van der Waals surface area contributed by atoms with E-state index in [1.165, 1.54) is 0 Å². The summed E-state index contributed by atoms with van der Waals surface area (Å²) in [5.41, 5.74) is 4.43. The molecule has 2 unspecified atom stereocenters. The van der Waals surface area contributed by atoms with Crippen LogP contribution in [-0.4, -0.2) is 11.3 Å². The number of aryl methyl sites for hydroxylation is 1. The van der Waals surface area contributed by atoms with E-state index in [0.29, 0.717) is 0 Å². The maximum absolute atomic E-state index is 11.5. The first-order valence-corrected chi connectivity index (χ1v) is 7.22. The van der Waals surface area contributed by atoms with Crippen LogP contribution in [0, 0.1) is 6.92 Å². The zero-order chi connectivity index (χ0) is 14.1. The number of fused-ring (bicyclic) bond motifs is 1. The minimum absolute atomic E-state index is 0.0753. The largest absolute Gasteiger partial charge is 0.303 e. The molecule has 3 heteroatoms. The average molecular weight is 286 g/mol. The Morgan fingerprint density at radius 2 is 2.10 bits per heavy atom. The summed E-state index contributed by atoms with van der Waals surface area (Å²) in [6.07, 6.45) is 4.54. The number of halogens is 1. The highest BCUT2D eigenvalue weighted by Crippen LogP contribution is 2.41. The second kappa shape index (κ2) is 5.37. The second-order valence-corrected chi connectivity index (χ2v) is 5.80. The van der Waals surface area contributed by atoms with Gasteiger partial charge < -0.3 is 4.79 Å². The number of rotatable bonds is 2. The summed E-state index contributed by atoms with van der Waals surface area (Å²) in [4.78, 5) is 16.0. The molecule has 2 nitrogen and oxygen atoms in total. The first-order valence-electron chi connectivity index (χ1n) is 6.84. The Morgan fingerprint density at radius 1 is 1.30 bits per heavy atom. The Kier molecular flexibility index (Phi) is 3.58. The predicted octanol–water partition coefficient (Wildman–Crippen LogP) is 4.06. The number of benzene rings is 1. The topological polar surface area (TPSA) is 30.0 Å². The van der Waals surface area contributed by atoms with Crippen molar-refractivity contribution in [3.8, 4) is 0 Å². The fourth-order valence-electron chi connectivity index (χ4n) is 3.20. The Balaban J connectivity index is 2.04. The molecular weight excluding hydrogens is 270 g/mol. The summed E-state index contributed by atoms with van der Waals surface area (Å²) in [5, 5.41) is 0.776. The molecule has 0 amide bonds. The molecule has 1 aliphatic carbocycles. The summed E-state index contributed by atoms with van der Waals surface area (Å²) in [6, 6.07) is 9.87. The third-order valence-corrected chi connectivity index (χ3v) is 4.49. The van der Waals surface area contributed by atoms with Crippen LogP contribution < -0.4 is 0 Å². The molecule has 0 spiro atoms. The van der Waals surface area contributed by atoms with E-state index in [1.807, 2.05) is 37.4 Å². The fraction of sp³-hybridized carbons (Fsp3) is 0.294. The van der Waals surface area contributed by atoms with Gasteiger partial charge in [0.15, 0.2) is 0 Å². The SMILES string of the molecule is Cc1ccnc2c1C(C=O)CC(c1ccccc1Cl)C2. The van der Waals surface area contributed by atoms with Crippen molar-refractivity contribution in [2.75, 3.05) is 0 Å². The monoisotopic (exact) mass is 285 g/mol. The van der Waals surface area contributed by atoms with E-state index < -0.39 is 0 Å². The maximum Gasteiger partial charge on any atom is 0.127 e. The van der Waals surface area contributed by atoms with Crippen molar-refractivity contribution >= 4 is 17.9 Å². The molecule has 0 fully saturated rings. The first-order chi connectivity index (χ1) is 9.70. The second-order valence-electron chi connectivity index (χ2n) is 5.39. The summed E-state index contributed by atoms with van der Waals surface area (Å²) < 4.78 is 0. The van der Waals surface area contributed by atoms with Crippen molar-refractivity contribution in [1.29, 1.82) is 0 Å². The summed E-state index contributed by atoms with van der Waals surface area (Å²) in [6.45, 7) is 2.05. The standard InChI is InChI=1S/C17H16ClNO/c1-11-6-7-19-16-9-12(8-13(10-20)17(11)16)14-4-2-3-5-15(14)18/h2-7,10,12-13H,8-9H2,1H3. The number of aldehydes is 1. The molecule has 0 aliphatic heterocycles. The third-order valence-electron chi connectivity index (χ3n) is 4.15. The highest BCUT2D eigenvalue weighted by atomic mass is 35.5. The third kappa shape index (κ3) is 2.25. The molecule has 0 radical (unpaired) electrons. The lowest BCUT2D eigenvalue weighted by Crippen LogP contribution is -2.21. The van der Waals surface area contributed by atoms with Crippen molar-refractivity contribution < 1.29 is 4.79 Å². The average Bonchev–Trinajstić information content (AvgIpc) is 2.47. The van der Waals surface area contributed by atoms with E-state index in [9.17, 15) is 4.79 Å². The van der Waals surface area contributed by atoms with Crippen LogP contribution in [0.5, 0.6) is 0 Å². The molecule has 20 heavy (non-hydrogen) atoms. The molecule has 2 aromatic rings. The number of hydrogen-bond donors (Lipinski definition) is 0. The Hall–Kier alpha value is -1.67. The molecule has 102 valence electrons. The molecule has 1 aromatic heterocycles. The molecule has 1 aliphatic rings. The lowest BCUT2D eigenvalue weighted by atomic mass is 9.75. The van der Waals surface area contributed by atoms with Gasteiger partial charge in [-0.2, -0.15) is 0 Å². The number of carbonyl (C=O) groups is 1. The van der Waals surface area contributed by atoms with E-state index in [1.54, 1.807) is 0 Å². The highest BCUT2D eigenvalue weighted by molar-refractivity contribution is 6.31. The number of carbonyl (C=O) groups excluding carboxylic acids is 1. The van der Waals surface area contributed by atoms with Gasteiger partial charge in [-0.05, 0) is 54.5 Å². The molecular formula is C17H16ClNO. The molecule has 0 saturated heterocycles. The minimum atomic E-state index is -0.0753. The molecule has 1 heterocycles. The minimum Gasteiger partial charge on any atom is -0.303 e. The van der Waals surface area contributed by atoms with Crippen molar-refractivity contribution in [2.45, 2.75) is 31.6 Å². The summed E-state index contributed by atoms with van der Waals surface area (Å²) >= 11 is 6.30. The van der Waals surface area contributed by atoms with E-state index in [0.717, 1.165) is 46.5 Å². The van der Waals surface area contributed by atoms with Gasteiger partial charge in [0.25, 0.3) is 0 Å². The molecule has 1 aromatic carbocycles. The van der Waals surface area contributed by atoms with Crippen LogP contribution in [-0.2, 0) is 11.2 Å². The van der Waals surface area contributed by atoms with Gasteiger partial charge in [0, 0.05) is 22.8 Å². The van der Waals surface area contributed by atoms with E-state index in [2.05, 4.69) is 11.1 Å². The van der Waals surface area contributed by atoms with E-state index in [-0.39, 0.29) is 11.8 Å². The van der Waals surface area contributed by atoms with Crippen LogP contribution in [0.4, 0.5) is 0 Å². The maximum atomic E-state index is 11.5. The molecule has 0 saturated carbocycles. The van der Waals surface area contributed by atoms with Crippen LogP contribution in [0.3, 0.4) is 0 Å². The normalized spacial score (nSPS) is 21.3. The first kappa shape index (κ1) is 13.3. The lowest BCUT2D eigenvalue weighted by molar-refractivity contribution is -0.109. The van der Waals surface area contributed by atoms with Crippen LogP contribution in [0.25, 0.3) is 0 Å². The Labute approximate surface area is 123 Å². The number of hydrogen-bond acceptors (Lipinski definition) is 2. The summed E-state index contributed by atoms with van der Waals surface area (Å²) in [7, 11) is 0. The number of pyridine rings is 1. The van der Waals surface area contributed by atoms with Crippen LogP contribution in [0.1, 0.15) is 40.6 Å². The molecule has 0 N–H and O–H groups in total. The van der Waals surface area contributed by atoms with Gasteiger partial charge in [0.05, 0.1) is 0 Å². The van der Waals surface area contributed by atoms with Gasteiger partial charge >= 0.3 is 0 Å². The summed E-state index contributed by atoms with van der Waals surface area (Å²) in [5.74, 6) is 0.189. The van der Waals surface area contributed by atoms with Crippen molar-refractivity contribution in [2.24, 2.45) is 0 Å². The fourth-order valence-corrected chi connectivity index (χ4v) is 3.49. The van der Waals surface area contributed by atoms with Gasteiger partial charge in [-0.25, -0.2) is 0 Å². The molecule has 0 bridgehead atoms. The van der Waals surface area contributed by atoms with Gasteiger partial charge in [0.2, 0.25) is 0 Å². The van der Waals surface area contributed by atoms with Crippen LogP contribution in [0.15, 0.2) is 36.5 Å². The predicted molar refractivity (Wildman–Crippen MR) is 80.3 cm³/mol. The highest BCUT2D eigenvalue weighted by Gasteiger charge is 2.30. The van der Waals surface area contributed by atoms with E-state index >= 15 is 0 Å². The van der Waals surface area contributed by atoms with Crippen LogP contribution >= 0.6 is 11.6 Å². The van der Waals surface area contributed by atoms with Crippen molar-refractivity contribution in [1.82, 2.24) is 4.98 Å². The van der Waals surface area contributed by atoms with Crippen LogP contribution in [0.2, 0.25) is 5.02 Å². The Morgan fingerprint density at radius 3 is 2.85 bits per heavy atom. The van der Waals surface area contributed by atoms with Crippen molar-refractivity contribution in [3.63, 3.8) is 0 Å². The lowest BCUT2D eigenvalue weighted by Gasteiger charge is -2.30. The quantitative estimate of drug-likeness (QED) is 0.779. The van der Waals surface area contributed by atoms with Gasteiger partial charge in [0.1, 0.15) is 6.29 Å². The zero-order valence-corrected chi connectivity index (χ0v) is 12.1. The Bertz CT molecular complexity index is 653. The smallest absolute Gasteiger partial charge is 0.127 e. The van der Waals surface area contributed by atoms with Gasteiger partial charge in [-0.15, -0.1) is 0 Å². The number of nitrogens with zero attached hydrogens (tertiary/aromatic N) is 1. The zero-order valence-electron chi connectivity index (χ0n) is 11.3.